The van der Waals surface area contributed by atoms with Crippen LogP contribution in [0.4, 0.5) is 0 Å². The number of aryl methyl sites for hydroxylation is 2. The number of fused-ring (bicyclic) bond motifs is 3. The molecule has 0 heterocycles. The van der Waals surface area contributed by atoms with Gasteiger partial charge >= 0.3 is 221 Å². The number of hydrogen-bond acceptors (Lipinski definition) is 0. The van der Waals surface area contributed by atoms with E-state index in [2.05, 4.69) is 119 Å². The Kier molecular flexibility index (Phi) is 8.81. The van der Waals surface area contributed by atoms with Crippen molar-refractivity contribution >= 4 is 35.6 Å². The SMILES string of the molecule is Cl.Cl.[CH2]=[Zr]([CH3])([C]1=CC(C(C)(C)C)=CC1CCC)([c]1ccccc1)[c]1c(C)ccc2c1Cc1cc(C)ccc1-2. The van der Waals surface area contributed by atoms with E-state index in [4.69, 9.17) is 4.21 Å². The molecule has 2 aliphatic carbocycles. The first kappa shape index (κ1) is 31.0. The molecule has 3 heteroatoms. The van der Waals surface area contributed by atoms with Crippen molar-refractivity contribution in [2.75, 3.05) is 0 Å². The van der Waals surface area contributed by atoms with E-state index < -0.39 is 18.3 Å². The first-order valence-corrected chi connectivity index (χ1v) is 21.6. The summed E-state index contributed by atoms with van der Waals surface area (Å²) >= 11 is -4.26. The third-order valence-electron chi connectivity index (χ3n) is 9.01. The average molecular weight is 627 g/mol. The Labute approximate surface area is 244 Å². The van der Waals surface area contributed by atoms with Crippen LogP contribution in [0.1, 0.15) is 62.8 Å². The quantitative estimate of drug-likeness (QED) is 0.207. The molecule has 0 saturated heterocycles. The summed E-state index contributed by atoms with van der Waals surface area (Å²) in [5.41, 5.74) is 10.3. The monoisotopic (exact) mass is 624 g/mol. The van der Waals surface area contributed by atoms with Crippen molar-refractivity contribution in [3.8, 4) is 11.1 Å². The summed E-state index contributed by atoms with van der Waals surface area (Å²) in [5, 5.41) is 0. The van der Waals surface area contributed by atoms with Gasteiger partial charge in [0.15, 0.2) is 0 Å². The molecule has 0 saturated carbocycles. The van der Waals surface area contributed by atoms with Crippen LogP contribution in [-0.2, 0) is 24.7 Å². The molecular weight excluding hydrogens is 583 g/mol. The van der Waals surface area contributed by atoms with E-state index in [-0.39, 0.29) is 30.2 Å². The Bertz CT molecular complexity index is 1480. The van der Waals surface area contributed by atoms with Crippen molar-refractivity contribution in [1.29, 1.82) is 0 Å². The first-order valence-electron chi connectivity index (χ1n) is 13.7. The van der Waals surface area contributed by atoms with Crippen molar-refractivity contribution in [1.82, 2.24) is 0 Å². The second-order valence-electron chi connectivity index (χ2n) is 12.9. The van der Waals surface area contributed by atoms with E-state index in [0.717, 1.165) is 6.42 Å². The summed E-state index contributed by atoms with van der Waals surface area (Å²) in [5.74, 6) is 0.471. The molecule has 0 fully saturated rings. The van der Waals surface area contributed by atoms with Gasteiger partial charge in [0.1, 0.15) is 0 Å². The molecule has 0 nitrogen and oxygen atoms in total. The summed E-state index contributed by atoms with van der Waals surface area (Å²) in [6.45, 7) is 14.0. The molecule has 0 aliphatic heterocycles. The van der Waals surface area contributed by atoms with Crippen molar-refractivity contribution in [2.45, 2.75) is 65.4 Å². The van der Waals surface area contributed by atoms with Gasteiger partial charge in [-0.15, -0.1) is 24.8 Å². The molecule has 0 N–H and O–H groups in total. The van der Waals surface area contributed by atoms with Crippen molar-refractivity contribution in [2.24, 2.45) is 11.3 Å². The Balaban J connectivity index is 0.00000200. The molecule has 1 atom stereocenters. The molecule has 0 radical (unpaired) electrons. The van der Waals surface area contributed by atoms with Crippen LogP contribution in [0.2, 0.25) is 4.63 Å². The molecule has 2 aliphatic rings. The third kappa shape index (κ3) is 4.82. The Morgan fingerprint density at radius 3 is 2.21 bits per heavy atom. The van der Waals surface area contributed by atoms with Crippen LogP contribution < -0.4 is 6.54 Å². The van der Waals surface area contributed by atoms with E-state index in [1.807, 2.05) is 0 Å². The van der Waals surface area contributed by atoms with Gasteiger partial charge in [-0.05, 0) is 0 Å². The summed E-state index contributed by atoms with van der Waals surface area (Å²) in [6.07, 6.45) is 8.61. The fraction of sp³-hybridized carbons (Fsp3) is 0.343. The molecule has 3 aromatic rings. The van der Waals surface area contributed by atoms with Gasteiger partial charge in [-0.2, -0.15) is 0 Å². The number of halogens is 2. The van der Waals surface area contributed by atoms with Gasteiger partial charge in [0, 0.05) is 0 Å². The summed E-state index contributed by atoms with van der Waals surface area (Å²) in [6, 6.07) is 23.2. The second kappa shape index (κ2) is 10.8. The van der Waals surface area contributed by atoms with Gasteiger partial charge in [0.05, 0.1) is 0 Å². The molecule has 0 aromatic heterocycles. The van der Waals surface area contributed by atoms with Crippen LogP contribution in [0.25, 0.3) is 11.1 Å². The van der Waals surface area contributed by atoms with Gasteiger partial charge in [-0.1, -0.05) is 0 Å². The summed E-state index contributed by atoms with van der Waals surface area (Å²) in [4.78, 5) is 0. The molecule has 38 heavy (non-hydrogen) atoms. The normalized spacial score (nSPS) is 16.6. The first-order chi connectivity index (χ1) is 16.9. The maximum absolute atomic E-state index is 5.50. The summed E-state index contributed by atoms with van der Waals surface area (Å²) < 4.78 is 12.9. The van der Waals surface area contributed by atoms with Gasteiger partial charge < -0.3 is 0 Å². The standard InChI is InChI=1S/C15H13.C12H19.C6H5.CH3.CH2.2ClH.Zr/c1-10-3-5-14-12(7-10)9-13-8-11(2)4-6-15(13)14;1-5-6-10-7-8-11(9-10)12(2,3)4;1-2-4-6-5-3-1;;;;;/h3-7H,9H2,1-2H3;8-10H,5-6H2,1-4H3;1-5H;1H3;1H2;2*1H;. The van der Waals surface area contributed by atoms with Gasteiger partial charge in [0.2, 0.25) is 0 Å². The van der Waals surface area contributed by atoms with E-state index in [9.17, 15) is 0 Å². The summed E-state index contributed by atoms with van der Waals surface area (Å²) in [7, 11) is 0. The predicted octanol–water partition coefficient (Wildman–Crippen LogP) is 9.13. The van der Waals surface area contributed by atoms with Crippen LogP contribution >= 0.6 is 24.8 Å². The fourth-order valence-corrected chi connectivity index (χ4v) is 21.8. The molecule has 1 unspecified atom stereocenters. The van der Waals surface area contributed by atoms with Gasteiger partial charge in [-0.25, -0.2) is 0 Å². The van der Waals surface area contributed by atoms with Crippen molar-refractivity contribution in [3.05, 3.63) is 104 Å². The number of hydrogen-bond donors (Lipinski definition) is 0. The average Bonchev–Trinajstić information content (AvgIpc) is 3.41. The molecule has 3 aromatic carbocycles. The third-order valence-corrected chi connectivity index (χ3v) is 23.8. The zero-order valence-corrected chi connectivity index (χ0v) is 28.2. The fourth-order valence-electron chi connectivity index (χ4n) is 7.15. The van der Waals surface area contributed by atoms with Gasteiger partial charge in [0.25, 0.3) is 0 Å². The number of rotatable bonds is 5. The molecule has 202 valence electrons. The second-order valence-corrected chi connectivity index (χ2v) is 26.8. The van der Waals surface area contributed by atoms with Crippen LogP contribution in [0.5, 0.6) is 0 Å². The van der Waals surface area contributed by atoms with Gasteiger partial charge in [-0.3, -0.25) is 0 Å². The zero-order valence-electron chi connectivity index (χ0n) is 24.2. The zero-order chi connectivity index (χ0) is 25.9. The van der Waals surface area contributed by atoms with Crippen molar-refractivity contribution in [3.63, 3.8) is 0 Å². The minimum absolute atomic E-state index is 0. The van der Waals surface area contributed by atoms with Crippen LogP contribution in [0.3, 0.4) is 0 Å². The molecule has 0 spiro atoms. The molecule has 0 bridgehead atoms. The number of benzene rings is 3. The topological polar surface area (TPSA) is 0 Å². The Morgan fingerprint density at radius 2 is 1.58 bits per heavy atom. The van der Waals surface area contributed by atoms with E-state index in [1.54, 1.807) is 12.1 Å². The minimum atomic E-state index is -4.26. The van der Waals surface area contributed by atoms with Crippen molar-refractivity contribution < 1.29 is 18.3 Å². The Hall–Kier alpha value is -1.53. The van der Waals surface area contributed by atoms with E-state index >= 15 is 0 Å². The van der Waals surface area contributed by atoms with E-state index in [0.29, 0.717) is 5.92 Å². The predicted molar refractivity (Wildman–Crippen MR) is 171 cm³/mol. The van der Waals surface area contributed by atoms with Crippen LogP contribution in [0.15, 0.2) is 81.7 Å². The maximum atomic E-state index is 5.50. The van der Waals surface area contributed by atoms with Crippen LogP contribution in [0, 0.1) is 25.2 Å². The van der Waals surface area contributed by atoms with E-state index in [1.165, 1.54) is 49.5 Å². The molecular formula is C35H44Cl2Zr. The molecule has 0 amide bonds. The van der Waals surface area contributed by atoms with Crippen LogP contribution in [-0.4, -0.2) is 4.21 Å². The Morgan fingerprint density at radius 1 is 0.921 bits per heavy atom. The number of allylic oxidation sites excluding steroid dienone is 4. The molecule has 5 rings (SSSR count).